The van der Waals surface area contributed by atoms with Gasteiger partial charge in [-0.25, -0.2) is 0 Å². The molecule has 0 aromatic rings. The van der Waals surface area contributed by atoms with Crippen LogP contribution in [-0.2, 0) is 4.79 Å². The molecule has 0 bridgehead atoms. The summed E-state index contributed by atoms with van der Waals surface area (Å²) < 4.78 is 0. The van der Waals surface area contributed by atoms with Gasteiger partial charge in [-0.05, 0) is 19.3 Å². The van der Waals surface area contributed by atoms with Gasteiger partial charge in [0.2, 0.25) is 5.91 Å². The molecule has 2 fully saturated rings. The summed E-state index contributed by atoms with van der Waals surface area (Å²) in [5.74, 6) is 0.275. The first-order valence-corrected chi connectivity index (χ1v) is 6.01. The third-order valence-corrected chi connectivity index (χ3v) is 3.75. The van der Waals surface area contributed by atoms with Crippen molar-refractivity contribution in [2.45, 2.75) is 30.9 Å². The second-order valence-corrected chi connectivity index (χ2v) is 5.08. The Morgan fingerprint density at radius 3 is 2.87 bits per heavy atom. The average Bonchev–Trinajstić information content (AvgIpc) is 2.58. The van der Waals surface area contributed by atoms with Gasteiger partial charge in [0.25, 0.3) is 5.24 Å². The van der Waals surface area contributed by atoms with Gasteiger partial charge >= 0.3 is 0 Å². The molecule has 1 saturated carbocycles. The van der Waals surface area contributed by atoms with Gasteiger partial charge in [0.15, 0.2) is 0 Å². The molecule has 1 heterocycles. The Hall–Kier alpha value is -0.750. The molecule has 1 aliphatic heterocycles. The number of carbonyl (C=O) groups is 2. The summed E-state index contributed by atoms with van der Waals surface area (Å²) in [5.41, 5.74) is -0.703. The van der Waals surface area contributed by atoms with Crippen LogP contribution < -0.4 is 10.6 Å². The zero-order valence-electron chi connectivity index (χ0n) is 8.28. The van der Waals surface area contributed by atoms with Crippen LogP contribution in [0.3, 0.4) is 0 Å². The molecular formula is C9H14N2O3S. The maximum Gasteiger partial charge on any atom is 0.279 e. The highest BCUT2D eigenvalue weighted by atomic mass is 32.2. The minimum atomic E-state index is -0.703. The Bertz CT molecular complexity index is 291. The normalized spacial score (nSPS) is 28.1. The Labute approximate surface area is 92.0 Å². The fourth-order valence-electron chi connectivity index (χ4n) is 1.66. The number of thioether (sulfide) groups is 1. The fraction of sp³-hybridized carbons (Fsp3) is 0.778. The first-order chi connectivity index (χ1) is 7.09. The van der Waals surface area contributed by atoms with E-state index in [9.17, 15) is 14.7 Å². The molecule has 3 N–H and O–H groups in total. The average molecular weight is 230 g/mol. The molecule has 15 heavy (non-hydrogen) atoms. The van der Waals surface area contributed by atoms with Crippen LogP contribution in [-0.4, -0.2) is 40.2 Å². The monoisotopic (exact) mass is 230 g/mol. The van der Waals surface area contributed by atoms with Crippen LogP contribution >= 0.6 is 11.8 Å². The van der Waals surface area contributed by atoms with E-state index in [-0.39, 0.29) is 11.1 Å². The summed E-state index contributed by atoms with van der Waals surface area (Å²) in [6.07, 6.45) is 2.51. The maximum atomic E-state index is 11.5. The highest BCUT2D eigenvalue weighted by Gasteiger charge is 2.36. The minimum absolute atomic E-state index is 0.155. The second-order valence-electron chi connectivity index (χ2n) is 4.09. The molecule has 6 heteroatoms. The van der Waals surface area contributed by atoms with Gasteiger partial charge in [0.05, 0.1) is 5.60 Å². The van der Waals surface area contributed by atoms with Crippen LogP contribution in [0.2, 0.25) is 0 Å². The van der Waals surface area contributed by atoms with Gasteiger partial charge in [0.1, 0.15) is 6.04 Å². The molecule has 0 aromatic carbocycles. The van der Waals surface area contributed by atoms with Crippen molar-refractivity contribution in [1.29, 1.82) is 0 Å². The van der Waals surface area contributed by atoms with E-state index in [1.807, 2.05) is 0 Å². The topological polar surface area (TPSA) is 78.4 Å². The van der Waals surface area contributed by atoms with Crippen LogP contribution in [0, 0.1) is 0 Å². The summed E-state index contributed by atoms with van der Waals surface area (Å²) in [6, 6.07) is -0.439. The number of hydrogen-bond acceptors (Lipinski definition) is 4. The number of nitrogens with one attached hydrogen (secondary N) is 2. The van der Waals surface area contributed by atoms with E-state index in [4.69, 9.17) is 0 Å². The molecule has 0 spiro atoms. The van der Waals surface area contributed by atoms with E-state index in [1.54, 1.807) is 0 Å². The Morgan fingerprint density at radius 2 is 2.40 bits per heavy atom. The number of amides is 2. The molecule has 1 unspecified atom stereocenters. The van der Waals surface area contributed by atoms with E-state index >= 15 is 0 Å². The fourth-order valence-corrected chi connectivity index (χ4v) is 2.44. The van der Waals surface area contributed by atoms with Gasteiger partial charge in [-0.2, -0.15) is 0 Å². The van der Waals surface area contributed by atoms with E-state index in [2.05, 4.69) is 10.6 Å². The number of rotatable bonds is 3. The third-order valence-electron chi connectivity index (χ3n) is 2.87. The van der Waals surface area contributed by atoms with Crippen molar-refractivity contribution in [1.82, 2.24) is 10.6 Å². The lowest BCUT2D eigenvalue weighted by molar-refractivity contribution is -0.124. The lowest BCUT2D eigenvalue weighted by Gasteiger charge is -2.36. The summed E-state index contributed by atoms with van der Waals surface area (Å²) >= 11 is 1.11. The number of carbonyl (C=O) groups excluding carboxylic acids is 2. The predicted molar refractivity (Wildman–Crippen MR) is 56.6 cm³/mol. The lowest BCUT2D eigenvalue weighted by Crippen LogP contribution is -2.51. The molecule has 2 amide bonds. The molecule has 1 saturated heterocycles. The van der Waals surface area contributed by atoms with Gasteiger partial charge < -0.3 is 15.7 Å². The second kappa shape index (κ2) is 4.02. The van der Waals surface area contributed by atoms with Gasteiger partial charge in [-0.3, -0.25) is 9.59 Å². The first kappa shape index (κ1) is 10.8. The lowest BCUT2D eigenvalue weighted by atomic mass is 9.80. The molecule has 2 rings (SSSR count). The minimum Gasteiger partial charge on any atom is -0.388 e. The van der Waals surface area contributed by atoms with E-state index in [0.29, 0.717) is 12.3 Å². The number of aliphatic hydroxyl groups is 1. The zero-order chi connectivity index (χ0) is 10.9. The molecular weight excluding hydrogens is 216 g/mol. The van der Waals surface area contributed by atoms with Crippen molar-refractivity contribution < 1.29 is 14.7 Å². The quantitative estimate of drug-likeness (QED) is 0.629. The highest BCUT2D eigenvalue weighted by molar-refractivity contribution is 8.14. The summed E-state index contributed by atoms with van der Waals surface area (Å²) in [6.45, 7) is 0.295. The van der Waals surface area contributed by atoms with E-state index in [1.165, 1.54) is 0 Å². The first-order valence-electron chi connectivity index (χ1n) is 5.02. The molecule has 0 aromatic heterocycles. The van der Waals surface area contributed by atoms with Crippen molar-refractivity contribution in [2.24, 2.45) is 0 Å². The molecule has 0 radical (unpaired) electrons. The smallest absolute Gasteiger partial charge is 0.279 e. The number of hydrogen-bond donors (Lipinski definition) is 3. The summed E-state index contributed by atoms with van der Waals surface area (Å²) in [4.78, 5) is 22.4. The summed E-state index contributed by atoms with van der Waals surface area (Å²) in [7, 11) is 0. The SMILES string of the molecule is O=C1NC(C(=O)NCC2(O)CCC2)CS1. The molecule has 5 nitrogen and oxygen atoms in total. The molecule has 2 aliphatic rings. The summed E-state index contributed by atoms with van der Waals surface area (Å²) in [5, 5.41) is 14.8. The van der Waals surface area contributed by atoms with Crippen molar-refractivity contribution in [3.8, 4) is 0 Å². The highest BCUT2D eigenvalue weighted by Crippen LogP contribution is 2.30. The van der Waals surface area contributed by atoms with Crippen LogP contribution in [0.25, 0.3) is 0 Å². The van der Waals surface area contributed by atoms with Crippen molar-refractivity contribution in [3.63, 3.8) is 0 Å². The van der Waals surface area contributed by atoms with Crippen molar-refractivity contribution in [3.05, 3.63) is 0 Å². The van der Waals surface area contributed by atoms with Crippen molar-refractivity contribution >= 4 is 22.9 Å². The van der Waals surface area contributed by atoms with Crippen LogP contribution in [0.1, 0.15) is 19.3 Å². The molecule has 1 aliphatic carbocycles. The van der Waals surface area contributed by atoms with Crippen molar-refractivity contribution in [2.75, 3.05) is 12.3 Å². The van der Waals surface area contributed by atoms with Gasteiger partial charge in [-0.15, -0.1) is 0 Å². The van der Waals surface area contributed by atoms with E-state index < -0.39 is 11.6 Å². The van der Waals surface area contributed by atoms with Crippen LogP contribution in [0.5, 0.6) is 0 Å². The largest absolute Gasteiger partial charge is 0.388 e. The molecule has 1 atom stereocenters. The Balaban J connectivity index is 1.75. The van der Waals surface area contributed by atoms with Crippen LogP contribution in [0.15, 0.2) is 0 Å². The van der Waals surface area contributed by atoms with Crippen LogP contribution in [0.4, 0.5) is 4.79 Å². The Kier molecular flexibility index (Phi) is 2.88. The third kappa shape index (κ3) is 2.43. The predicted octanol–water partition coefficient (Wildman–Crippen LogP) is -0.157. The maximum absolute atomic E-state index is 11.5. The van der Waals surface area contributed by atoms with Gasteiger partial charge in [-0.1, -0.05) is 11.8 Å². The molecule has 84 valence electrons. The van der Waals surface area contributed by atoms with E-state index in [0.717, 1.165) is 31.0 Å². The Morgan fingerprint density at radius 1 is 1.67 bits per heavy atom. The van der Waals surface area contributed by atoms with Gasteiger partial charge in [0, 0.05) is 12.3 Å². The zero-order valence-corrected chi connectivity index (χ0v) is 9.10. The standard InChI is InChI=1S/C9H14N2O3S/c12-7(6-4-15-8(13)11-6)10-5-9(14)2-1-3-9/h6,14H,1-5H2,(H,10,12)(H,11,13).